The predicted octanol–water partition coefficient (Wildman–Crippen LogP) is 5.01. The van der Waals surface area contributed by atoms with E-state index in [-0.39, 0.29) is 35.4 Å². The maximum absolute atomic E-state index is 13.1. The lowest BCUT2D eigenvalue weighted by molar-refractivity contribution is -0.137. The van der Waals surface area contributed by atoms with E-state index >= 15 is 0 Å². The number of aromatic nitrogens is 2. The number of carbonyl (C=O) groups excluding carboxylic acids is 1. The lowest BCUT2D eigenvalue weighted by Crippen LogP contribution is -2.54. The number of nitrogens with one attached hydrogen (secondary N) is 2. The van der Waals surface area contributed by atoms with Crippen molar-refractivity contribution in [3.05, 3.63) is 62.1 Å². The summed E-state index contributed by atoms with van der Waals surface area (Å²) in [7, 11) is 1.70. The van der Waals surface area contributed by atoms with E-state index in [4.69, 9.17) is 50.8 Å². The monoisotopic (exact) mass is 544 g/mol. The van der Waals surface area contributed by atoms with Gasteiger partial charge in [0.2, 0.25) is 5.22 Å². The maximum Gasteiger partial charge on any atom is 0.304 e. The first kappa shape index (κ1) is 24.9. The van der Waals surface area contributed by atoms with Gasteiger partial charge < -0.3 is 20.2 Å². The van der Waals surface area contributed by atoms with Crippen LogP contribution in [0, 0.1) is 0 Å². The highest BCUT2D eigenvalue weighted by Gasteiger charge is 2.34. The molecule has 0 aliphatic carbocycles. The zero-order chi connectivity index (χ0) is 24.6. The van der Waals surface area contributed by atoms with Crippen molar-refractivity contribution in [3.63, 3.8) is 0 Å². The largest absolute Gasteiger partial charge is 0.481 e. The van der Waals surface area contributed by atoms with Gasteiger partial charge in [-0.15, -0.1) is 0 Å². The highest BCUT2D eigenvalue weighted by atomic mass is 35.5. The number of carbonyl (C=O) groups is 2. The Bertz CT molecular complexity index is 1220. The molecule has 12 heteroatoms. The summed E-state index contributed by atoms with van der Waals surface area (Å²) in [6, 6.07) is 6.13. The lowest BCUT2D eigenvalue weighted by Gasteiger charge is -2.37. The van der Waals surface area contributed by atoms with Gasteiger partial charge in [0.15, 0.2) is 5.76 Å². The van der Waals surface area contributed by atoms with E-state index in [0.717, 1.165) is 5.56 Å². The first-order chi connectivity index (χ1) is 16.1. The lowest BCUT2D eigenvalue weighted by atomic mass is 9.82. The minimum atomic E-state index is -0.903. The summed E-state index contributed by atoms with van der Waals surface area (Å²) in [6.45, 7) is 0.351. The van der Waals surface area contributed by atoms with Crippen LogP contribution in [0.25, 0.3) is 11.3 Å². The average Bonchev–Trinajstić information content (AvgIpc) is 3.31. The smallest absolute Gasteiger partial charge is 0.304 e. The molecule has 0 unspecified atom stereocenters. The summed E-state index contributed by atoms with van der Waals surface area (Å²) >= 11 is 24.7. The number of rotatable bonds is 6. The molecular weight excluding hydrogens is 526 g/mol. The van der Waals surface area contributed by atoms with Gasteiger partial charge in [0.1, 0.15) is 0 Å². The number of benzene rings is 1. The van der Waals surface area contributed by atoms with Crippen LogP contribution in [0.3, 0.4) is 0 Å². The van der Waals surface area contributed by atoms with Crippen LogP contribution in [0.2, 0.25) is 20.3 Å². The van der Waals surface area contributed by atoms with Gasteiger partial charge in [-0.3, -0.25) is 14.3 Å². The topological polar surface area (TPSA) is 109 Å². The summed E-state index contributed by atoms with van der Waals surface area (Å²) in [6.07, 6.45) is 1.91. The Morgan fingerprint density at radius 1 is 1.21 bits per heavy atom. The molecule has 1 aliphatic rings. The molecule has 3 atom stereocenters. The van der Waals surface area contributed by atoms with E-state index in [1.54, 1.807) is 19.2 Å². The van der Waals surface area contributed by atoms with Crippen LogP contribution in [0.5, 0.6) is 0 Å². The molecule has 1 aromatic carbocycles. The third kappa shape index (κ3) is 5.21. The molecule has 0 bridgehead atoms. The van der Waals surface area contributed by atoms with Gasteiger partial charge in [-0.2, -0.15) is 5.10 Å². The summed E-state index contributed by atoms with van der Waals surface area (Å²) < 4.78 is 7.05. The van der Waals surface area contributed by atoms with Crippen LogP contribution in [0.4, 0.5) is 0 Å². The fourth-order valence-electron chi connectivity index (χ4n) is 4.21. The number of carboxylic acid groups (broad SMARTS) is 1. The van der Waals surface area contributed by atoms with Gasteiger partial charge >= 0.3 is 5.97 Å². The van der Waals surface area contributed by atoms with Gasteiger partial charge in [0, 0.05) is 37.7 Å². The fraction of sp³-hybridized carbons (Fsp3) is 0.318. The van der Waals surface area contributed by atoms with Crippen LogP contribution in [0.15, 0.2) is 34.9 Å². The Kier molecular flexibility index (Phi) is 7.45. The third-order valence-corrected chi connectivity index (χ3v) is 7.12. The molecule has 3 heterocycles. The SMILES string of the molecule is Cn1ncc(Cl)c1-c1cc(C(=O)N[C@@H]2CN[C@H](CC(=O)O)C[C@H]2c2ccc(Cl)c(Cl)c2)oc1Cl. The molecule has 1 fully saturated rings. The molecular formula is C22H20Cl4N4O4. The normalized spacial score (nSPS) is 20.3. The summed E-state index contributed by atoms with van der Waals surface area (Å²) in [5, 5.41) is 20.6. The number of halogens is 4. The number of hydrogen-bond donors (Lipinski definition) is 3. The molecule has 8 nitrogen and oxygen atoms in total. The molecule has 3 N–H and O–H groups in total. The zero-order valence-corrected chi connectivity index (χ0v) is 20.8. The Morgan fingerprint density at radius 2 is 1.97 bits per heavy atom. The van der Waals surface area contributed by atoms with Gasteiger partial charge in [0.05, 0.1) is 38.9 Å². The predicted molar refractivity (Wildman–Crippen MR) is 130 cm³/mol. The first-order valence-electron chi connectivity index (χ1n) is 10.3. The number of furan rings is 1. The van der Waals surface area contributed by atoms with Gasteiger partial charge in [-0.1, -0.05) is 40.9 Å². The van der Waals surface area contributed by atoms with Crippen LogP contribution in [-0.2, 0) is 11.8 Å². The molecule has 1 amide bonds. The maximum atomic E-state index is 13.1. The molecule has 34 heavy (non-hydrogen) atoms. The van der Waals surface area contributed by atoms with E-state index in [9.17, 15) is 14.7 Å². The van der Waals surface area contributed by atoms with E-state index in [2.05, 4.69) is 15.7 Å². The standard InChI is InChI=1S/C22H20Cl4N4O4/c1-30-20(16(25)8-28-30)13-7-18(34-21(13)26)22(33)29-17-9-27-11(6-19(31)32)5-12(17)10-2-3-14(23)15(24)4-10/h2-4,7-8,11-12,17,27H,5-6,9H2,1H3,(H,29,33)(H,31,32)/t11-,12-,17+/m0/s1. The minimum Gasteiger partial charge on any atom is -0.481 e. The van der Waals surface area contributed by atoms with Gasteiger partial charge in [0.25, 0.3) is 5.91 Å². The fourth-order valence-corrected chi connectivity index (χ4v) is 5.02. The summed E-state index contributed by atoms with van der Waals surface area (Å²) in [5.41, 5.74) is 1.82. The van der Waals surface area contributed by atoms with Crippen molar-refractivity contribution in [2.75, 3.05) is 6.54 Å². The molecule has 2 aromatic heterocycles. The molecule has 180 valence electrons. The number of amides is 1. The summed E-state index contributed by atoms with van der Waals surface area (Å²) in [4.78, 5) is 24.3. The molecule has 0 saturated carbocycles. The van der Waals surface area contributed by atoms with Crippen molar-refractivity contribution >= 4 is 58.3 Å². The molecule has 0 spiro atoms. The first-order valence-corrected chi connectivity index (χ1v) is 11.8. The second-order valence-electron chi connectivity index (χ2n) is 8.06. The van der Waals surface area contributed by atoms with Crippen molar-refractivity contribution in [1.82, 2.24) is 20.4 Å². The van der Waals surface area contributed by atoms with Crippen molar-refractivity contribution in [2.24, 2.45) is 7.05 Å². The second-order valence-corrected chi connectivity index (χ2v) is 9.63. The van der Waals surface area contributed by atoms with Crippen LogP contribution in [0.1, 0.15) is 34.9 Å². The number of piperidine rings is 1. The number of hydrogen-bond acceptors (Lipinski definition) is 5. The highest BCUT2D eigenvalue weighted by Crippen LogP contribution is 2.36. The van der Waals surface area contributed by atoms with Crippen LogP contribution in [-0.4, -0.2) is 45.4 Å². The van der Waals surface area contributed by atoms with Gasteiger partial charge in [-0.05, 0) is 35.7 Å². The van der Waals surface area contributed by atoms with E-state index < -0.39 is 11.9 Å². The van der Waals surface area contributed by atoms with Crippen molar-refractivity contribution < 1.29 is 19.1 Å². The Labute approximate surface area is 215 Å². The minimum absolute atomic E-state index is 0.0119. The van der Waals surface area contributed by atoms with Crippen LogP contribution < -0.4 is 10.6 Å². The van der Waals surface area contributed by atoms with Crippen molar-refractivity contribution in [3.8, 4) is 11.3 Å². The van der Waals surface area contributed by atoms with E-state index in [0.29, 0.717) is 39.3 Å². The zero-order valence-electron chi connectivity index (χ0n) is 17.8. The van der Waals surface area contributed by atoms with Gasteiger partial charge in [-0.25, -0.2) is 0 Å². The Morgan fingerprint density at radius 3 is 2.62 bits per heavy atom. The van der Waals surface area contributed by atoms with E-state index in [1.165, 1.54) is 16.9 Å². The van der Waals surface area contributed by atoms with Crippen molar-refractivity contribution in [2.45, 2.75) is 30.8 Å². The quantitative estimate of drug-likeness (QED) is 0.401. The average molecular weight is 546 g/mol. The van der Waals surface area contributed by atoms with Crippen molar-refractivity contribution in [1.29, 1.82) is 0 Å². The molecule has 3 aromatic rings. The molecule has 4 rings (SSSR count). The Balaban J connectivity index is 1.58. The summed E-state index contributed by atoms with van der Waals surface area (Å²) in [5.74, 6) is -1.57. The highest BCUT2D eigenvalue weighted by molar-refractivity contribution is 6.42. The Hall–Kier alpha value is -2.23. The molecule has 1 aliphatic heterocycles. The number of aliphatic carboxylic acids is 1. The number of carboxylic acids is 1. The van der Waals surface area contributed by atoms with E-state index in [1.807, 2.05) is 6.07 Å². The third-order valence-electron chi connectivity index (χ3n) is 5.82. The second kappa shape index (κ2) is 10.2. The molecule has 1 saturated heterocycles. The number of nitrogens with zero attached hydrogens (tertiary/aromatic N) is 2. The number of aryl methyl sites for hydroxylation is 1. The molecule has 0 radical (unpaired) electrons. The van der Waals surface area contributed by atoms with Crippen LogP contribution >= 0.6 is 46.4 Å².